The fourth-order valence-corrected chi connectivity index (χ4v) is 2.16. The van der Waals surface area contributed by atoms with E-state index in [2.05, 4.69) is 32.5 Å². The van der Waals surface area contributed by atoms with Crippen molar-refractivity contribution in [1.82, 2.24) is 15.0 Å². The number of nitrogens with one attached hydrogen (secondary N) is 2. The van der Waals surface area contributed by atoms with Crippen LogP contribution in [0.1, 0.15) is 12.5 Å². The molecule has 2 aromatic rings. The Hall–Kier alpha value is -2.37. The molecule has 0 aliphatic carbocycles. The molecule has 6 heteroatoms. The zero-order valence-corrected chi connectivity index (χ0v) is 10.6. The third-order valence-corrected chi connectivity index (χ3v) is 3.14. The van der Waals surface area contributed by atoms with Crippen molar-refractivity contribution in [2.45, 2.75) is 13.3 Å². The summed E-state index contributed by atoms with van der Waals surface area (Å²) in [5.74, 6) is 2.58. The van der Waals surface area contributed by atoms with Crippen molar-refractivity contribution in [1.29, 1.82) is 0 Å². The van der Waals surface area contributed by atoms with Crippen molar-refractivity contribution >= 4 is 17.5 Å². The Labute approximate surface area is 110 Å². The van der Waals surface area contributed by atoms with Gasteiger partial charge in [0.05, 0.1) is 0 Å². The Balaban J connectivity index is 1.96. The highest BCUT2D eigenvalue weighted by atomic mass is 16.3. The number of anilines is 3. The third kappa shape index (κ3) is 2.29. The normalized spacial score (nSPS) is 17.4. The van der Waals surface area contributed by atoms with Gasteiger partial charge in [-0.3, -0.25) is 0 Å². The van der Waals surface area contributed by atoms with Crippen LogP contribution in [-0.2, 0) is 6.42 Å². The largest absolute Gasteiger partial charge is 0.504 e. The Morgan fingerprint density at radius 2 is 2.21 bits per heavy atom. The molecule has 3 rings (SSSR count). The third-order valence-electron chi connectivity index (χ3n) is 3.14. The first-order chi connectivity index (χ1) is 9.24. The predicted molar refractivity (Wildman–Crippen MR) is 72.6 cm³/mol. The molecule has 6 nitrogen and oxygen atoms in total. The van der Waals surface area contributed by atoms with Crippen LogP contribution in [0.5, 0.6) is 5.75 Å². The van der Waals surface area contributed by atoms with E-state index in [0.29, 0.717) is 17.6 Å². The number of fused-ring (bicyclic) bond motifs is 1. The van der Waals surface area contributed by atoms with Gasteiger partial charge in [-0.05, 0) is 24.5 Å². The molecule has 0 spiro atoms. The van der Waals surface area contributed by atoms with Crippen LogP contribution < -0.4 is 10.6 Å². The molecule has 0 saturated heterocycles. The van der Waals surface area contributed by atoms with Gasteiger partial charge in [-0.15, -0.1) is 0 Å². The van der Waals surface area contributed by atoms with Gasteiger partial charge < -0.3 is 15.7 Å². The number of aromatic hydroxyl groups is 1. The highest BCUT2D eigenvalue weighted by Crippen LogP contribution is 2.30. The minimum Gasteiger partial charge on any atom is -0.504 e. The van der Waals surface area contributed by atoms with E-state index in [1.165, 1.54) is 6.33 Å². The molecule has 1 atom stereocenters. The van der Waals surface area contributed by atoms with Crippen LogP contribution in [0.25, 0.3) is 0 Å². The molecule has 0 saturated carbocycles. The monoisotopic (exact) mass is 257 g/mol. The molecule has 98 valence electrons. The molecular formula is C13H15N5O. The van der Waals surface area contributed by atoms with E-state index >= 15 is 0 Å². The second kappa shape index (κ2) is 4.72. The first-order valence-electron chi connectivity index (χ1n) is 6.23. The van der Waals surface area contributed by atoms with E-state index in [1.54, 1.807) is 18.3 Å². The van der Waals surface area contributed by atoms with Crippen LogP contribution >= 0.6 is 0 Å². The number of pyridine rings is 1. The average molecular weight is 257 g/mol. The van der Waals surface area contributed by atoms with Gasteiger partial charge in [0.25, 0.3) is 0 Å². The van der Waals surface area contributed by atoms with E-state index in [-0.39, 0.29) is 5.75 Å². The Morgan fingerprint density at radius 3 is 3.05 bits per heavy atom. The molecule has 2 aromatic heterocycles. The van der Waals surface area contributed by atoms with E-state index in [1.807, 2.05) is 0 Å². The highest BCUT2D eigenvalue weighted by molar-refractivity contribution is 5.66. The minimum absolute atomic E-state index is 0.103. The topological polar surface area (TPSA) is 83.0 Å². The summed E-state index contributed by atoms with van der Waals surface area (Å²) in [4.78, 5) is 12.6. The fourth-order valence-electron chi connectivity index (χ4n) is 2.16. The summed E-state index contributed by atoms with van der Waals surface area (Å²) in [5, 5.41) is 16.1. The lowest BCUT2D eigenvalue weighted by Gasteiger charge is -2.24. The van der Waals surface area contributed by atoms with Crippen LogP contribution in [0.3, 0.4) is 0 Å². The lowest BCUT2D eigenvalue weighted by Crippen LogP contribution is -2.23. The lowest BCUT2D eigenvalue weighted by molar-refractivity contribution is 0.475. The Morgan fingerprint density at radius 1 is 1.32 bits per heavy atom. The number of rotatable bonds is 2. The van der Waals surface area contributed by atoms with Gasteiger partial charge >= 0.3 is 0 Å². The minimum atomic E-state index is 0.103. The molecular weight excluding hydrogens is 242 g/mol. The SMILES string of the molecule is CC1CNc2ncnc(Nc3ncccc3O)c2C1. The van der Waals surface area contributed by atoms with Gasteiger partial charge in [0.15, 0.2) is 11.6 Å². The van der Waals surface area contributed by atoms with Gasteiger partial charge in [-0.25, -0.2) is 15.0 Å². The molecule has 0 fully saturated rings. The van der Waals surface area contributed by atoms with E-state index in [9.17, 15) is 5.11 Å². The second-order valence-corrected chi connectivity index (χ2v) is 4.74. The van der Waals surface area contributed by atoms with Gasteiger partial charge in [0, 0.05) is 18.3 Å². The quantitative estimate of drug-likeness (QED) is 0.762. The number of hydrogen-bond donors (Lipinski definition) is 3. The molecule has 1 aliphatic heterocycles. The smallest absolute Gasteiger partial charge is 0.174 e. The molecule has 3 N–H and O–H groups in total. The standard InChI is InChI=1S/C13H15N5O/c1-8-5-9-11(15-6-8)16-7-17-12(9)18-13-10(19)3-2-4-14-13/h2-4,7-8,19H,5-6H2,1H3,(H2,14,15,16,17,18). The average Bonchev–Trinajstić information content (AvgIpc) is 2.42. The number of aromatic nitrogens is 3. The van der Waals surface area contributed by atoms with Crippen molar-refractivity contribution in [2.75, 3.05) is 17.2 Å². The molecule has 0 radical (unpaired) electrons. The van der Waals surface area contributed by atoms with Crippen LogP contribution in [0.4, 0.5) is 17.5 Å². The molecule has 3 heterocycles. The van der Waals surface area contributed by atoms with Crippen molar-refractivity contribution in [3.8, 4) is 5.75 Å². The fraction of sp³-hybridized carbons (Fsp3) is 0.308. The first-order valence-corrected chi connectivity index (χ1v) is 6.23. The summed E-state index contributed by atoms with van der Waals surface area (Å²) in [6.45, 7) is 3.09. The lowest BCUT2D eigenvalue weighted by atomic mass is 9.98. The number of hydrogen-bond acceptors (Lipinski definition) is 6. The van der Waals surface area contributed by atoms with Gasteiger partial charge in [-0.2, -0.15) is 0 Å². The summed E-state index contributed by atoms with van der Waals surface area (Å²) in [7, 11) is 0. The summed E-state index contributed by atoms with van der Waals surface area (Å²) >= 11 is 0. The molecule has 0 aromatic carbocycles. The van der Waals surface area contributed by atoms with Gasteiger partial charge in [-0.1, -0.05) is 6.92 Å². The zero-order valence-electron chi connectivity index (χ0n) is 10.6. The maximum absolute atomic E-state index is 9.74. The van der Waals surface area contributed by atoms with Gasteiger partial charge in [0.1, 0.15) is 18.0 Å². The van der Waals surface area contributed by atoms with Crippen molar-refractivity contribution in [3.63, 3.8) is 0 Å². The van der Waals surface area contributed by atoms with E-state index in [4.69, 9.17) is 0 Å². The summed E-state index contributed by atoms with van der Waals surface area (Å²) in [6, 6.07) is 3.27. The van der Waals surface area contributed by atoms with E-state index < -0.39 is 0 Å². The Bertz CT molecular complexity index is 601. The molecule has 19 heavy (non-hydrogen) atoms. The van der Waals surface area contributed by atoms with Crippen LogP contribution in [0, 0.1) is 5.92 Å². The highest BCUT2D eigenvalue weighted by Gasteiger charge is 2.20. The van der Waals surface area contributed by atoms with Crippen molar-refractivity contribution in [3.05, 3.63) is 30.2 Å². The van der Waals surface area contributed by atoms with Crippen molar-refractivity contribution < 1.29 is 5.11 Å². The van der Waals surface area contributed by atoms with E-state index in [0.717, 1.165) is 24.3 Å². The van der Waals surface area contributed by atoms with Crippen LogP contribution in [-0.4, -0.2) is 26.6 Å². The van der Waals surface area contributed by atoms with Crippen molar-refractivity contribution in [2.24, 2.45) is 5.92 Å². The maximum atomic E-state index is 9.74. The zero-order chi connectivity index (χ0) is 13.2. The van der Waals surface area contributed by atoms with Crippen LogP contribution in [0.15, 0.2) is 24.7 Å². The molecule has 1 unspecified atom stereocenters. The van der Waals surface area contributed by atoms with Crippen LogP contribution in [0.2, 0.25) is 0 Å². The summed E-state index contributed by atoms with van der Waals surface area (Å²) < 4.78 is 0. The molecule has 0 bridgehead atoms. The van der Waals surface area contributed by atoms with Gasteiger partial charge in [0.2, 0.25) is 0 Å². The molecule has 1 aliphatic rings. The Kier molecular flexibility index (Phi) is 2.91. The maximum Gasteiger partial charge on any atom is 0.174 e. The summed E-state index contributed by atoms with van der Waals surface area (Å²) in [5.41, 5.74) is 1.03. The molecule has 0 amide bonds. The number of nitrogens with zero attached hydrogens (tertiary/aromatic N) is 3. The second-order valence-electron chi connectivity index (χ2n) is 4.74. The predicted octanol–water partition coefficient (Wildman–Crippen LogP) is 1.92. The summed E-state index contributed by atoms with van der Waals surface area (Å²) in [6.07, 6.45) is 4.03. The first kappa shape index (κ1) is 11.7.